The van der Waals surface area contributed by atoms with Crippen LogP contribution in [-0.4, -0.2) is 92.9 Å². The Bertz CT molecular complexity index is 1840. The first-order valence-corrected chi connectivity index (χ1v) is 19.3. The molecule has 294 valence electrons. The molecular formula is C40H47Cl4F3N4OS2. The Morgan fingerprint density at radius 2 is 1.31 bits per heavy atom. The van der Waals surface area contributed by atoms with Gasteiger partial charge in [0.2, 0.25) is 0 Å². The quantitative estimate of drug-likeness (QED) is 0.158. The summed E-state index contributed by atoms with van der Waals surface area (Å²) in [5.41, 5.74) is 4.89. The number of alkyl halides is 3. The van der Waals surface area contributed by atoms with Crippen molar-refractivity contribution in [2.75, 3.05) is 78.0 Å². The topological polar surface area (TPSA) is 33.2 Å². The van der Waals surface area contributed by atoms with E-state index in [1.165, 1.54) is 50.4 Å². The first kappa shape index (κ1) is 46.3. The van der Waals surface area contributed by atoms with E-state index in [0.717, 1.165) is 72.6 Å². The summed E-state index contributed by atoms with van der Waals surface area (Å²) in [7, 11) is 4.21. The number of para-hydroxylation sites is 1. The molecule has 0 unspecified atom stereocenters. The van der Waals surface area contributed by atoms with Gasteiger partial charge in [-0.15, -0.1) is 37.2 Å². The number of hydrogen-bond donors (Lipinski definition) is 1. The average molecular weight is 863 g/mol. The number of rotatable bonds is 9. The van der Waals surface area contributed by atoms with Crippen LogP contribution in [0, 0.1) is 0 Å². The lowest BCUT2D eigenvalue weighted by Crippen LogP contribution is -2.47. The number of nitrogens with zero attached hydrogens (tertiary/aromatic N) is 4. The summed E-state index contributed by atoms with van der Waals surface area (Å²) in [6.07, 6.45) is -0.105. The molecule has 0 radical (unpaired) electrons. The second kappa shape index (κ2) is 21.4. The molecule has 0 amide bonds. The summed E-state index contributed by atoms with van der Waals surface area (Å²) in [6, 6.07) is 26.7. The highest BCUT2D eigenvalue weighted by molar-refractivity contribution is 8.00. The highest BCUT2D eigenvalue weighted by Crippen LogP contribution is 2.50. The number of piperazine rings is 1. The molecular weight excluding hydrogens is 815 g/mol. The molecule has 7 rings (SSSR count). The zero-order chi connectivity index (χ0) is 36.0. The third kappa shape index (κ3) is 11.7. The molecule has 54 heavy (non-hydrogen) atoms. The standard InChI is InChI=1S/C22H26F3N3OS.C18H18ClNS.3ClH/c23-22(24,25)17-6-7-21-19(16-17)28(18-4-1-2-5-20(18)30-21)9-3-8-26-10-12-27(13-11-26)14-15-29;1-20(2)11-5-7-14-15-6-3-4-8-17(15)21-18-10-9-13(19)12-16(14)18;;;/h1-2,4-7,16,29H,3,8-15H2;3-4,6-10,12H,5,11H2,1-2H3;3*1H. The Balaban J connectivity index is 0.000000290. The van der Waals surface area contributed by atoms with Crippen molar-refractivity contribution >= 4 is 89.3 Å². The maximum atomic E-state index is 13.3. The minimum Gasteiger partial charge on any atom is -0.395 e. The van der Waals surface area contributed by atoms with Crippen molar-refractivity contribution in [2.24, 2.45) is 0 Å². The SMILES string of the molecule is CN(C)CCC=C1c2ccccc2Sc2ccc(Cl)cc21.Cl.Cl.Cl.OCCN1CCN(CCCN2c3ccccc3Sc3ccc(C(F)(F)F)cc32)CC1. The van der Waals surface area contributed by atoms with Crippen LogP contribution in [0.1, 0.15) is 29.5 Å². The fourth-order valence-electron chi connectivity index (χ4n) is 6.61. The summed E-state index contributed by atoms with van der Waals surface area (Å²) >= 11 is 9.56. The second-order valence-corrected chi connectivity index (χ2v) is 15.7. The monoisotopic (exact) mass is 860 g/mol. The largest absolute Gasteiger partial charge is 0.416 e. The molecule has 5 nitrogen and oxygen atoms in total. The van der Waals surface area contributed by atoms with Gasteiger partial charge in [-0.2, -0.15) is 13.2 Å². The summed E-state index contributed by atoms with van der Waals surface area (Å²) in [5.74, 6) is 0. The Morgan fingerprint density at radius 1 is 0.722 bits per heavy atom. The normalized spacial score (nSPS) is 15.7. The van der Waals surface area contributed by atoms with Gasteiger partial charge in [-0.25, -0.2) is 0 Å². The fourth-order valence-corrected chi connectivity index (χ4v) is 8.94. The summed E-state index contributed by atoms with van der Waals surface area (Å²) < 4.78 is 39.9. The van der Waals surface area contributed by atoms with Crippen molar-refractivity contribution in [3.8, 4) is 0 Å². The Morgan fingerprint density at radius 3 is 2.00 bits per heavy atom. The second-order valence-electron chi connectivity index (χ2n) is 13.1. The zero-order valence-corrected chi connectivity index (χ0v) is 35.1. The maximum absolute atomic E-state index is 13.3. The number of anilines is 2. The van der Waals surface area contributed by atoms with Crippen LogP contribution in [0.4, 0.5) is 24.5 Å². The fraction of sp³-hybridized carbons (Fsp3) is 0.350. The first-order valence-electron chi connectivity index (χ1n) is 17.3. The Hall–Kier alpha value is -2.09. The van der Waals surface area contributed by atoms with Gasteiger partial charge in [0.1, 0.15) is 0 Å². The van der Waals surface area contributed by atoms with Crippen LogP contribution in [0.25, 0.3) is 5.57 Å². The molecule has 3 aliphatic rings. The Kier molecular flexibility index (Phi) is 18.4. The highest BCUT2D eigenvalue weighted by Gasteiger charge is 2.33. The summed E-state index contributed by atoms with van der Waals surface area (Å²) in [6.45, 7) is 7.34. The van der Waals surface area contributed by atoms with E-state index in [2.05, 4.69) is 71.3 Å². The number of hydrogen-bond acceptors (Lipinski definition) is 7. The van der Waals surface area contributed by atoms with Gasteiger partial charge < -0.3 is 19.8 Å². The first-order chi connectivity index (χ1) is 24.6. The molecule has 0 aromatic heterocycles. The van der Waals surface area contributed by atoms with Crippen LogP contribution >= 0.6 is 72.3 Å². The minimum atomic E-state index is -4.35. The smallest absolute Gasteiger partial charge is 0.395 e. The number of benzene rings is 4. The van der Waals surface area contributed by atoms with Crippen molar-refractivity contribution in [3.63, 3.8) is 0 Å². The molecule has 0 atom stereocenters. The van der Waals surface area contributed by atoms with Crippen molar-refractivity contribution < 1.29 is 18.3 Å². The number of fused-ring (bicyclic) bond motifs is 4. The molecule has 3 heterocycles. The van der Waals surface area contributed by atoms with E-state index in [1.807, 2.05) is 47.0 Å². The van der Waals surface area contributed by atoms with Crippen LogP contribution in [0.15, 0.2) is 111 Å². The van der Waals surface area contributed by atoms with Crippen LogP contribution < -0.4 is 4.90 Å². The molecule has 0 saturated carbocycles. The van der Waals surface area contributed by atoms with Crippen molar-refractivity contribution in [1.82, 2.24) is 14.7 Å². The van der Waals surface area contributed by atoms with E-state index in [1.54, 1.807) is 6.07 Å². The van der Waals surface area contributed by atoms with Gasteiger partial charge in [-0.05, 0) is 105 Å². The molecule has 3 aliphatic heterocycles. The molecule has 0 aliphatic carbocycles. The van der Waals surface area contributed by atoms with Gasteiger partial charge in [0, 0.05) is 70.4 Å². The minimum absolute atomic E-state index is 0. The van der Waals surface area contributed by atoms with E-state index in [9.17, 15) is 13.2 Å². The number of aliphatic hydroxyl groups excluding tert-OH is 1. The molecule has 1 N–H and O–H groups in total. The molecule has 14 heteroatoms. The predicted molar refractivity (Wildman–Crippen MR) is 228 cm³/mol. The molecule has 4 aromatic carbocycles. The molecule has 0 bridgehead atoms. The van der Waals surface area contributed by atoms with E-state index >= 15 is 0 Å². The zero-order valence-electron chi connectivity index (χ0n) is 30.2. The van der Waals surface area contributed by atoms with Crippen LogP contribution in [0.2, 0.25) is 5.02 Å². The van der Waals surface area contributed by atoms with E-state index in [0.29, 0.717) is 18.8 Å². The van der Waals surface area contributed by atoms with Crippen LogP contribution in [-0.2, 0) is 6.18 Å². The summed E-state index contributed by atoms with van der Waals surface area (Å²) in [5, 5.41) is 9.87. The average Bonchev–Trinajstić information content (AvgIpc) is 3.11. The van der Waals surface area contributed by atoms with Crippen LogP contribution in [0.5, 0.6) is 0 Å². The van der Waals surface area contributed by atoms with Crippen molar-refractivity contribution in [2.45, 2.75) is 38.6 Å². The predicted octanol–water partition coefficient (Wildman–Crippen LogP) is 10.8. The number of β-amino-alcohol motifs (C(OH)–C–C–N with tert-alkyl or cyclic N) is 1. The number of aliphatic hydroxyl groups is 1. The van der Waals surface area contributed by atoms with Gasteiger partial charge >= 0.3 is 6.18 Å². The lowest BCUT2D eigenvalue weighted by molar-refractivity contribution is -0.137. The number of halogens is 7. The summed E-state index contributed by atoms with van der Waals surface area (Å²) in [4.78, 5) is 13.4. The molecule has 0 spiro atoms. The van der Waals surface area contributed by atoms with Gasteiger partial charge in [0.25, 0.3) is 0 Å². The Labute approximate surface area is 349 Å². The van der Waals surface area contributed by atoms with Crippen LogP contribution in [0.3, 0.4) is 0 Å². The lowest BCUT2D eigenvalue weighted by Gasteiger charge is -2.36. The molecule has 4 aromatic rings. The highest BCUT2D eigenvalue weighted by atomic mass is 35.5. The van der Waals surface area contributed by atoms with Gasteiger partial charge in [0.05, 0.1) is 23.5 Å². The van der Waals surface area contributed by atoms with Crippen molar-refractivity contribution in [3.05, 3.63) is 113 Å². The van der Waals surface area contributed by atoms with Gasteiger partial charge in [0.15, 0.2) is 0 Å². The van der Waals surface area contributed by atoms with Gasteiger partial charge in [-0.3, -0.25) is 4.90 Å². The maximum Gasteiger partial charge on any atom is 0.416 e. The third-order valence-electron chi connectivity index (χ3n) is 9.24. The van der Waals surface area contributed by atoms with E-state index < -0.39 is 11.7 Å². The molecule has 1 fully saturated rings. The van der Waals surface area contributed by atoms with E-state index in [4.69, 9.17) is 16.7 Å². The third-order valence-corrected chi connectivity index (χ3v) is 11.8. The van der Waals surface area contributed by atoms with Gasteiger partial charge in [-0.1, -0.05) is 71.5 Å². The lowest BCUT2D eigenvalue weighted by atomic mass is 9.96. The van der Waals surface area contributed by atoms with Crippen molar-refractivity contribution in [1.29, 1.82) is 0 Å². The van der Waals surface area contributed by atoms with E-state index in [-0.39, 0.29) is 43.8 Å². The molecule has 1 saturated heterocycles.